The van der Waals surface area contributed by atoms with Crippen LogP contribution >= 0.6 is 0 Å². The van der Waals surface area contributed by atoms with Crippen molar-refractivity contribution >= 4 is 23.9 Å². The van der Waals surface area contributed by atoms with E-state index in [4.69, 9.17) is 4.74 Å². The van der Waals surface area contributed by atoms with Gasteiger partial charge in [0.05, 0.1) is 0 Å². The Hall–Kier alpha value is -3.95. The van der Waals surface area contributed by atoms with E-state index >= 15 is 0 Å². The number of rotatable bonds is 10. The number of alkyl carbamates (subject to hydrolysis) is 1. The predicted octanol–water partition coefficient (Wildman–Crippen LogP) is 4.64. The predicted molar refractivity (Wildman–Crippen MR) is 160 cm³/mol. The fraction of sp³-hybridized carbons (Fsp3) is 0.531. The molecule has 10 nitrogen and oxygen atoms in total. The van der Waals surface area contributed by atoms with Gasteiger partial charge in [-0.3, -0.25) is 9.59 Å². The number of hydrogen-bond acceptors (Lipinski definition) is 6. The van der Waals surface area contributed by atoms with Gasteiger partial charge in [-0.2, -0.15) is 0 Å². The molecule has 1 aromatic carbocycles. The number of hydrogen-bond donors (Lipinski definition) is 4. The molecular weight excluding hydrogens is 536 g/mol. The molecule has 1 aliphatic rings. The Labute approximate surface area is 248 Å². The van der Waals surface area contributed by atoms with Crippen LogP contribution in [0.5, 0.6) is 0 Å². The van der Waals surface area contributed by atoms with Crippen LogP contribution in [0.2, 0.25) is 0 Å². The van der Waals surface area contributed by atoms with Gasteiger partial charge in [0.2, 0.25) is 5.91 Å². The fourth-order valence-corrected chi connectivity index (χ4v) is 5.05. The highest BCUT2D eigenvalue weighted by atomic mass is 16.6. The second-order valence-electron chi connectivity index (χ2n) is 12.4. The number of carboxylic acid groups (broad SMARTS) is 1. The van der Waals surface area contributed by atoms with Gasteiger partial charge in [0.25, 0.3) is 5.91 Å². The normalized spacial score (nSPS) is 17.7. The number of ether oxygens (including phenoxy) is 1. The van der Waals surface area contributed by atoms with Crippen molar-refractivity contribution in [1.82, 2.24) is 20.9 Å². The van der Waals surface area contributed by atoms with Crippen LogP contribution in [0, 0.1) is 18.8 Å². The third-order valence-electron chi connectivity index (χ3n) is 7.21. The summed E-state index contributed by atoms with van der Waals surface area (Å²) in [7, 11) is 0. The number of aryl methyl sites for hydroxylation is 1. The number of nitrogens with one attached hydrogen (secondary N) is 3. The highest BCUT2D eigenvalue weighted by molar-refractivity contribution is 5.93. The molecule has 1 heterocycles. The van der Waals surface area contributed by atoms with Crippen molar-refractivity contribution < 1.29 is 29.0 Å². The summed E-state index contributed by atoms with van der Waals surface area (Å²) in [6.45, 7) is 11.5. The van der Waals surface area contributed by atoms with Crippen molar-refractivity contribution in [1.29, 1.82) is 0 Å². The van der Waals surface area contributed by atoms with Crippen molar-refractivity contribution in [2.24, 2.45) is 11.8 Å². The number of benzene rings is 1. The van der Waals surface area contributed by atoms with Crippen molar-refractivity contribution in [3.05, 3.63) is 53.3 Å². The molecule has 3 amide bonds. The lowest BCUT2D eigenvalue weighted by Gasteiger charge is -2.29. The zero-order valence-corrected chi connectivity index (χ0v) is 25.5. The number of amides is 3. The summed E-state index contributed by atoms with van der Waals surface area (Å²) in [5.41, 5.74) is 3.06. The van der Waals surface area contributed by atoms with Crippen LogP contribution in [0.15, 0.2) is 36.4 Å². The molecule has 0 saturated heterocycles. The highest BCUT2D eigenvalue weighted by Gasteiger charge is 2.30. The Balaban J connectivity index is 1.53. The number of carbonyl (C=O) groups is 4. The molecule has 0 bridgehead atoms. The van der Waals surface area contributed by atoms with Gasteiger partial charge in [-0.1, -0.05) is 30.3 Å². The number of pyridine rings is 1. The van der Waals surface area contributed by atoms with Crippen LogP contribution in [0.1, 0.15) is 82.0 Å². The van der Waals surface area contributed by atoms with E-state index in [0.29, 0.717) is 30.8 Å². The largest absolute Gasteiger partial charge is 0.480 e. The van der Waals surface area contributed by atoms with Crippen LogP contribution in [-0.4, -0.2) is 58.2 Å². The second-order valence-corrected chi connectivity index (χ2v) is 12.4. The van der Waals surface area contributed by atoms with E-state index in [2.05, 4.69) is 20.9 Å². The van der Waals surface area contributed by atoms with E-state index < -0.39 is 23.7 Å². The maximum Gasteiger partial charge on any atom is 0.407 e. The van der Waals surface area contributed by atoms with Crippen molar-refractivity contribution in [2.75, 3.05) is 6.54 Å². The maximum absolute atomic E-state index is 12.9. The summed E-state index contributed by atoms with van der Waals surface area (Å²) in [5, 5.41) is 18.2. The minimum absolute atomic E-state index is 0.0149. The van der Waals surface area contributed by atoms with Crippen molar-refractivity contribution in [2.45, 2.75) is 91.3 Å². The first-order valence-corrected chi connectivity index (χ1v) is 14.6. The van der Waals surface area contributed by atoms with E-state index in [9.17, 15) is 24.3 Å². The van der Waals surface area contributed by atoms with E-state index in [-0.39, 0.29) is 36.1 Å². The highest BCUT2D eigenvalue weighted by Crippen LogP contribution is 2.29. The van der Waals surface area contributed by atoms with Gasteiger partial charge in [-0.15, -0.1) is 0 Å². The Morgan fingerprint density at radius 2 is 1.62 bits per heavy atom. The quantitative estimate of drug-likeness (QED) is 0.320. The number of aliphatic carboxylic acids is 1. The van der Waals surface area contributed by atoms with E-state index in [0.717, 1.165) is 29.5 Å². The summed E-state index contributed by atoms with van der Waals surface area (Å²) >= 11 is 0. The molecule has 1 aromatic heterocycles. The van der Waals surface area contributed by atoms with Crippen LogP contribution < -0.4 is 16.0 Å². The molecule has 42 heavy (non-hydrogen) atoms. The zero-order chi connectivity index (χ0) is 31.0. The Bertz CT molecular complexity index is 1260. The third-order valence-corrected chi connectivity index (χ3v) is 7.21. The first-order valence-electron chi connectivity index (χ1n) is 14.6. The van der Waals surface area contributed by atoms with Gasteiger partial charge in [-0.25, -0.2) is 14.6 Å². The molecule has 0 aliphatic heterocycles. The summed E-state index contributed by atoms with van der Waals surface area (Å²) in [6.07, 6.45) is 2.52. The Kier molecular flexibility index (Phi) is 11.1. The molecule has 1 saturated carbocycles. The summed E-state index contributed by atoms with van der Waals surface area (Å²) < 4.78 is 5.27. The van der Waals surface area contributed by atoms with Gasteiger partial charge < -0.3 is 25.8 Å². The van der Waals surface area contributed by atoms with Gasteiger partial charge in [0.15, 0.2) is 0 Å². The number of carbonyl (C=O) groups excluding carboxylic acids is 3. The second kappa shape index (κ2) is 14.3. The molecule has 10 heteroatoms. The molecule has 0 spiro atoms. The standard InChI is InChI=1S/C32H44N4O6/c1-19(2)34-29(38)26-16-15-25(20(3)35-26)23-11-7-21(8-12-23)17-27(30(39)40)36-28(37)24-13-9-22(10-14-24)18-33-31(41)42-32(4,5)6/h7-8,11-12,15-16,19,22,24,27H,9-10,13-14,17-18H2,1-6H3,(H,33,41)(H,34,38)(H,36,37)(H,39,40)/t22?,24?,27-/m0/s1. The minimum Gasteiger partial charge on any atom is -0.480 e. The number of nitrogens with zero attached hydrogens (tertiary/aromatic N) is 1. The first-order chi connectivity index (χ1) is 19.7. The summed E-state index contributed by atoms with van der Waals surface area (Å²) in [5.74, 6) is -1.56. The molecule has 0 radical (unpaired) electrons. The lowest BCUT2D eigenvalue weighted by Crippen LogP contribution is -2.46. The van der Waals surface area contributed by atoms with E-state index in [1.165, 1.54) is 0 Å². The van der Waals surface area contributed by atoms with E-state index in [1.54, 1.807) is 6.07 Å². The Morgan fingerprint density at radius 3 is 2.17 bits per heavy atom. The Morgan fingerprint density at radius 1 is 0.976 bits per heavy atom. The van der Waals surface area contributed by atoms with Crippen molar-refractivity contribution in [3.63, 3.8) is 0 Å². The van der Waals surface area contributed by atoms with Gasteiger partial charge in [0, 0.05) is 36.2 Å². The molecule has 1 fully saturated rings. The third kappa shape index (κ3) is 9.85. The molecule has 2 aromatic rings. The molecule has 4 N–H and O–H groups in total. The van der Waals surface area contributed by atoms with Crippen LogP contribution in [0.4, 0.5) is 4.79 Å². The number of carboxylic acids is 1. The maximum atomic E-state index is 12.9. The smallest absolute Gasteiger partial charge is 0.407 e. The van der Waals surface area contributed by atoms with Gasteiger partial charge >= 0.3 is 12.1 Å². The number of aromatic nitrogens is 1. The van der Waals surface area contributed by atoms with Crippen LogP contribution in [0.3, 0.4) is 0 Å². The lowest BCUT2D eigenvalue weighted by atomic mass is 9.81. The monoisotopic (exact) mass is 580 g/mol. The molecule has 1 aliphatic carbocycles. The minimum atomic E-state index is -1.09. The summed E-state index contributed by atoms with van der Waals surface area (Å²) in [4.78, 5) is 53.6. The molecule has 228 valence electrons. The van der Waals surface area contributed by atoms with E-state index in [1.807, 2.05) is 71.9 Å². The van der Waals surface area contributed by atoms with Crippen LogP contribution in [0.25, 0.3) is 11.1 Å². The topological polar surface area (TPSA) is 147 Å². The summed E-state index contributed by atoms with van der Waals surface area (Å²) in [6, 6.07) is 9.99. The van der Waals surface area contributed by atoms with Gasteiger partial charge in [0.1, 0.15) is 17.3 Å². The zero-order valence-electron chi connectivity index (χ0n) is 25.5. The first kappa shape index (κ1) is 32.6. The SMILES string of the molecule is Cc1nc(C(=O)NC(C)C)ccc1-c1ccc(C[C@H](NC(=O)C2CCC(CNC(=O)OC(C)(C)C)CC2)C(=O)O)cc1. The van der Waals surface area contributed by atoms with Crippen LogP contribution in [-0.2, 0) is 20.7 Å². The lowest BCUT2D eigenvalue weighted by molar-refractivity contribution is -0.142. The molecular formula is C32H44N4O6. The average Bonchev–Trinajstić information content (AvgIpc) is 2.91. The molecule has 0 unspecified atom stereocenters. The molecule has 3 rings (SSSR count). The average molecular weight is 581 g/mol. The molecule has 1 atom stereocenters. The fourth-order valence-electron chi connectivity index (χ4n) is 5.05. The van der Waals surface area contributed by atoms with Gasteiger partial charge in [-0.05, 0) is 90.3 Å². The van der Waals surface area contributed by atoms with Crippen molar-refractivity contribution in [3.8, 4) is 11.1 Å².